The summed E-state index contributed by atoms with van der Waals surface area (Å²) in [5, 5.41) is 3.47. The number of benzene rings is 1. The molecule has 2 aliphatic rings. The Morgan fingerprint density at radius 2 is 1.38 bits per heavy atom. The highest BCUT2D eigenvalue weighted by Crippen LogP contribution is 2.27. The van der Waals surface area contributed by atoms with Crippen LogP contribution in [0.1, 0.15) is 25.7 Å². The van der Waals surface area contributed by atoms with Gasteiger partial charge in [-0.2, -0.15) is 0 Å². The van der Waals surface area contributed by atoms with Crippen LogP contribution in [-0.4, -0.2) is 42.0 Å². The Bertz CT molecular complexity index is 769. The molecule has 0 spiro atoms. The second-order valence-electron chi connectivity index (χ2n) is 6.11. The number of halogens is 1. The first kappa shape index (κ1) is 19.6. The molecule has 24 heavy (non-hydrogen) atoms. The summed E-state index contributed by atoms with van der Waals surface area (Å²) in [5.41, 5.74) is 0. The van der Waals surface area contributed by atoms with Gasteiger partial charge in [0, 0.05) is 18.1 Å². The van der Waals surface area contributed by atoms with Gasteiger partial charge in [-0.1, -0.05) is 0 Å². The van der Waals surface area contributed by atoms with Crippen LogP contribution in [0.25, 0.3) is 0 Å². The van der Waals surface area contributed by atoms with E-state index in [-0.39, 0.29) is 28.2 Å². The molecule has 0 aliphatic carbocycles. The van der Waals surface area contributed by atoms with Crippen molar-refractivity contribution < 1.29 is 16.8 Å². The highest BCUT2D eigenvalue weighted by molar-refractivity contribution is 7.90. The van der Waals surface area contributed by atoms with Gasteiger partial charge < -0.3 is 5.32 Å². The van der Waals surface area contributed by atoms with Gasteiger partial charge in [0.2, 0.25) is 20.0 Å². The Morgan fingerprint density at radius 1 is 0.917 bits per heavy atom. The molecule has 0 saturated carbocycles. The van der Waals surface area contributed by atoms with E-state index in [4.69, 9.17) is 0 Å². The molecule has 2 atom stereocenters. The monoisotopic (exact) mass is 395 g/mol. The SMILES string of the molecule is CNS(=O)(=O)c1ccc(S(=O)(=O)NC2CC3CCC(C2)N3)cc1.Cl. The highest BCUT2D eigenvalue weighted by Gasteiger charge is 2.35. The van der Waals surface area contributed by atoms with Gasteiger partial charge in [0.05, 0.1) is 9.79 Å². The van der Waals surface area contributed by atoms with E-state index in [1.165, 1.54) is 31.3 Å². The summed E-state index contributed by atoms with van der Waals surface area (Å²) in [6, 6.07) is 5.96. The fourth-order valence-corrected chi connectivity index (χ4v) is 5.35. The third-order valence-electron chi connectivity index (χ3n) is 4.51. The molecule has 10 heteroatoms. The predicted octanol–water partition coefficient (Wildman–Crippen LogP) is 0.578. The van der Waals surface area contributed by atoms with Crippen molar-refractivity contribution in [3.8, 4) is 0 Å². The maximum absolute atomic E-state index is 12.5. The molecule has 2 heterocycles. The molecule has 1 aromatic carbocycles. The van der Waals surface area contributed by atoms with Crippen LogP contribution in [0.5, 0.6) is 0 Å². The summed E-state index contributed by atoms with van der Waals surface area (Å²) in [4.78, 5) is 0.122. The average Bonchev–Trinajstić information content (AvgIpc) is 2.86. The smallest absolute Gasteiger partial charge is 0.240 e. The molecule has 1 aromatic rings. The second kappa shape index (κ2) is 7.27. The molecule has 2 unspecified atom stereocenters. The minimum atomic E-state index is -3.64. The van der Waals surface area contributed by atoms with Crippen molar-refractivity contribution in [2.45, 2.75) is 53.6 Å². The zero-order chi connectivity index (χ0) is 16.7. The van der Waals surface area contributed by atoms with Gasteiger partial charge in [0.1, 0.15) is 0 Å². The molecular weight excluding hydrogens is 374 g/mol. The molecule has 2 saturated heterocycles. The lowest BCUT2D eigenvalue weighted by atomic mass is 10.0. The van der Waals surface area contributed by atoms with Crippen molar-refractivity contribution in [3.05, 3.63) is 24.3 Å². The third-order valence-corrected chi connectivity index (χ3v) is 7.47. The first-order chi connectivity index (χ1) is 10.8. The summed E-state index contributed by atoms with van der Waals surface area (Å²) in [7, 11) is -5.90. The van der Waals surface area contributed by atoms with Crippen LogP contribution in [-0.2, 0) is 20.0 Å². The summed E-state index contributed by atoms with van der Waals surface area (Å²) >= 11 is 0. The molecule has 0 amide bonds. The Labute approximate surface area is 149 Å². The van der Waals surface area contributed by atoms with E-state index in [1.807, 2.05) is 0 Å². The predicted molar refractivity (Wildman–Crippen MR) is 93.2 cm³/mol. The number of hydrogen-bond acceptors (Lipinski definition) is 5. The van der Waals surface area contributed by atoms with E-state index in [0.29, 0.717) is 12.1 Å². The maximum Gasteiger partial charge on any atom is 0.240 e. The van der Waals surface area contributed by atoms with Gasteiger partial charge in [0.15, 0.2) is 0 Å². The van der Waals surface area contributed by atoms with Crippen molar-refractivity contribution in [2.75, 3.05) is 7.05 Å². The van der Waals surface area contributed by atoms with Crippen molar-refractivity contribution in [1.29, 1.82) is 0 Å². The lowest BCUT2D eigenvalue weighted by Crippen LogP contribution is -2.47. The number of fused-ring (bicyclic) bond motifs is 2. The van der Waals surface area contributed by atoms with Gasteiger partial charge in [0.25, 0.3) is 0 Å². The Hall–Kier alpha value is -0.710. The summed E-state index contributed by atoms with van der Waals surface area (Å²) in [6.07, 6.45) is 3.78. The quantitative estimate of drug-likeness (QED) is 0.676. The molecule has 2 aliphatic heterocycles. The van der Waals surface area contributed by atoms with Gasteiger partial charge in [-0.05, 0) is 57.0 Å². The summed E-state index contributed by atoms with van der Waals surface area (Å²) in [5.74, 6) is 0. The second-order valence-corrected chi connectivity index (χ2v) is 9.71. The van der Waals surface area contributed by atoms with Crippen LogP contribution < -0.4 is 14.8 Å². The summed E-state index contributed by atoms with van der Waals surface area (Å²) in [6.45, 7) is 0. The van der Waals surface area contributed by atoms with E-state index in [9.17, 15) is 16.8 Å². The molecule has 7 nitrogen and oxygen atoms in total. The van der Waals surface area contributed by atoms with E-state index < -0.39 is 20.0 Å². The number of sulfonamides is 2. The lowest BCUT2D eigenvalue weighted by Gasteiger charge is -2.29. The Kier molecular flexibility index (Phi) is 5.94. The molecule has 3 rings (SSSR count). The van der Waals surface area contributed by atoms with Crippen LogP contribution in [0.4, 0.5) is 0 Å². The van der Waals surface area contributed by atoms with Crippen LogP contribution in [0, 0.1) is 0 Å². The fourth-order valence-electron chi connectivity index (χ4n) is 3.36. The van der Waals surface area contributed by atoms with Crippen molar-refractivity contribution >= 4 is 32.5 Å². The first-order valence-electron chi connectivity index (χ1n) is 7.62. The minimum Gasteiger partial charge on any atom is -0.311 e. The van der Waals surface area contributed by atoms with Crippen LogP contribution in [0.15, 0.2) is 34.1 Å². The maximum atomic E-state index is 12.5. The topological polar surface area (TPSA) is 104 Å². The molecule has 0 radical (unpaired) electrons. The average molecular weight is 396 g/mol. The first-order valence-corrected chi connectivity index (χ1v) is 10.6. The largest absolute Gasteiger partial charge is 0.311 e. The molecule has 3 N–H and O–H groups in total. The van der Waals surface area contributed by atoms with Gasteiger partial charge in [-0.3, -0.25) is 0 Å². The number of nitrogens with one attached hydrogen (secondary N) is 3. The Morgan fingerprint density at radius 3 is 1.83 bits per heavy atom. The van der Waals surface area contributed by atoms with Crippen molar-refractivity contribution in [1.82, 2.24) is 14.8 Å². The van der Waals surface area contributed by atoms with Crippen LogP contribution in [0.3, 0.4) is 0 Å². The van der Waals surface area contributed by atoms with Crippen molar-refractivity contribution in [2.24, 2.45) is 0 Å². The van der Waals surface area contributed by atoms with E-state index in [1.54, 1.807) is 0 Å². The molecule has 2 bridgehead atoms. The fraction of sp³-hybridized carbons (Fsp3) is 0.571. The van der Waals surface area contributed by atoms with E-state index in [0.717, 1.165) is 25.7 Å². The third kappa shape index (κ3) is 4.09. The number of piperidine rings is 1. The standard InChI is InChI=1S/C14H21N3O4S2.ClH/c1-15-22(18,19)13-4-6-14(7-5-13)23(20,21)17-12-8-10-2-3-11(9-12)16-10;/h4-7,10-12,15-17H,2-3,8-9H2,1H3;1H. The normalized spacial score (nSPS) is 26.8. The Balaban J connectivity index is 0.00000208. The zero-order valence-corrected chi connectivity index (χ0v) is 15.7. The molecule has 0 aromatic heterocycles. The highest BCUT2D eigenvalue weighted by atomic mass is 35.5. The van der Waals surface area contributed by atoms with Gasteiger partial charge >= 0.3 is 0 Å². The number of rotatable bonds is 5. The van der Waals surface area contributed by atoms with E-state index in [2.05, 4.69) is 14.8 Å². The zero-order valence-electron chi connectivity index (χ0n) is 13.2. The number of hydrogen-bond donors (Lipinski definition) is 3. The van der Waals surface area contributed by atoms with Gasteiger partial charge in [-0.15, -0.1) is 12.4 Å². The van der Waals surface area contributed by atoms with Crippen molar-refractivity contribution in [3.63, 3.8) is 0 Å². The van der Waals surface area contributed by atoms with Gasteiger partial charge in [-0.25, -0.2) is 26.3 Å². The minimum absolute atomic E-state index is 0. The molecule has 136 valence electrons. The molecule has 2 fully saturated rings. The van der Waals surface area contributed by atoms with Crippen LogP contribution >= 0.6 is 12.4 Å². The van der Waals surface area contributed by atoms with Crippen LogP contribution in [0.2, 0.25) is 0 Å². The van der Waals surface area contributed by atoms with E-state index >= 15 is 0 Å². The summed E-state index contributed by atoms with van der Waals surface area (Å²) < 4.78 is 53.2. The molecular formula is C14H22ClN3O4S2. The lowest BCUT2D eigenvalue weighted by molar-refractivity contribution is 0.345.